The first-order valence-electron chi connectivity index (χ1n) is 5.46. The fraction of sp³-hybridized carbons (Fsp3) is 0.417. The van der Waals surface area contributed by atoms with Gasteiger partial charge in [0.15, 0.2) is 0 Å². The number of amides is 1. The fourth-order valence-electron chi connectivity index (χ4n) is 1.48. The number of rotatable bonds is 5. The molecule has 17 heavy (non-hydrogen) atoms. The highest BCUT2D eigenvalue weighted by Crippen LogP contribution is 2.17. The Bertz CT molecular complexity index is 396. The Hall–Kier alpha value is -1.62. The average Bonchev–Trinajstić information content (AvgIpc) is 2.26. The number of phenolic OH excluding ortho intramolecular Hbond substituents is 1. The maximum Gasteiger partial charge on any atom is 0.255 e. The van der Waals surface area contributed by atoms with Crippen molar-refractivity contribution >= 4 is 5.91 Å². The van der Waals surface area contributed by atoms with Crippen molar-refractivity contribution in [1.29, 1.82) is 0 Å². The van der Waals surface area contributed by atoms with E-state index in [-0.39, 0.29) is 17.2 Å². The first-order chi connectivity index (χ1) is 8.04. The summed E-state index contributed by atoms with van der Waals surface area (Å²) in [7, 11) is 1.84. The number of halogens is 1. The van der Waals surface area contributed by atoms with Crippen molar-refractivity contribution in [2.75, 3.05) is 20.1 Å². The molecule has 5 heteroatoms. The lowest BCUT2D eigenvalue weighted by Gasteiger charge is -2.12. The van der Waals surface area contributed by atoms with Crippen molar-refractivity contribution < 1.29 is 14.3 Å². The van der Waals surface area contributed by atoms with Gasteiger partial charge in [0.2, 0.25) is 0 Å². The molecule has 0 saturated heterocycles. The Morgan fingerprint density at radius 3 is 2.76 bits per heavy atom. The minimum atomic E-state index is -0.567. The van der Waals surface area contributed by atoms with Crippen LogP contribution in [0.1, 0.15) is 17.3 Å². The van der Waals surface area contributed by atoms with Gasteiger partial charge < -0.3 is 15.7 Å². The first kappa shape index (κ1) is 13.4. The summed E-state index contributed by atoms with van der Waals surface area (Å²) >= 11 is 0. The predicted octanol–water partition coefficient (Wildman–Crippen LogP) is 1.12. The summed E-state index contributed by atoms with van der Waals surface area (Å²) in [6, 6.07) is 3.33. The van der Waals surface area contributed by atoms with Gasteiger partial charge >= 0.3 is 0 Å². The molecule has 4 nitrogen and oxygen atoms in total. The quantitative estimate of drug-likeness (QED) is 0.722. The molecule has 0 fully saturated rings. The molecule has 0 heterocycles. The highest BCUT2D eigenvalue weighted by atomic mass is 19.1. The van der Waals surface area contributed by atoms with Crippen molar-refractivity contribution in [2.24, 2.45) is 5.92 Å². The SMILES string of the molecule is CNCC(C)CNC(=O)c1ccc(F)cc1O. The molecular formula is C12H17FN2O2. The monoisotopic (exact) mass is 240 g/mol. The largest absolute Gasteiger partial charge is 0.507 e. The van der Waals surface area contributed by atoms with Crippen LogP contribution in [-0.2, 0) is 0 Å². The zero-order chi connectivity index (χ0) is 12.8. The minimum Gasteiger partial charge on any atom is -0.507 e. The van der Waals surface area contributed by atoms with Crippen molar-refractivity contribution in [3.05, 3.63) is 29.6 Å². The smallest absolute Gasteiger partial charge is 0.255 e. The van der Waals surface area contributed by atoms with Crippen LogP contribution in [0, 0.1) is 11.7 Å². The summed E-state index contributed by atoms with van der Waals surface area (Å²) in [4.78, 5) is 11.7. The molecule has 1 unspecified atom stereocenters. The second-order valence-electron chi connectivity index (χ2n) is 4.03. The Kier molecular flexibility index (Phi) is 4.90. The van der Waals surface area contributed by atoms with Gasteiger partial charge in [-0.25, -0.2) is 4.39 Å². The van der Waals surface area contributed by atoms with Crippen molar-refractivity contribution in [3.63, 3.8) is 0 Å². The number of nitrogens with one attached hydrogen (secondary N) is 2. The van der Waals surface area contributed by atoms with E-state index in [0.29, 0.717) is 6.54 Å². The first-order valence-corrected chi connectivity index (χ1v) is 5.46. The number of carbonyl (C=O) groups excluding carboxylic acids is 1. The van der Waals surface area contributed by atoms with Crippen LogP contribution in [0.5, 0.6) is 5.75 Å². The van der Waals surface area contributed by atoms with Crippen molar-refractivity contribution in [3.8, 4) is 5.75 Å². The van der Waals surface area contributed by atoms with E-state index < -0.39 is 11.7 Å². The average molecular weight is 240 g/mol. The van der Waals surface area contributed by atoms with Crippen LogP contribution in [0.3, 0.4) is 0 Å². The summed E-state index contributed by atoms with van der Waals surface area (Å²) in [5.74, 6) is -1.02. The molecule has 0 aromatic heterocycles. The molecule has 1 atom stereocenters. The Morgan fingerprint density at radius 2 is 2.18 bits per heavy atom. The number of phenols is 1. The Balaban J connectivity index is 2.58. The lowest BCUT2D eigenvalue weighted by atomic mass is 10.1. The number of hydrogen-bond acceptors (Lipinski definition) is 3. The van der Waals surface area contributed by atoms with Gasteiger partial charge in [-0.3, -0.25) is 4.79 Å². The van der Waals surface area contributed by atoms with E-state index >= 15 is 0 Å². The number of benzene rings is 1. The summed E-state index contributed by atoms with van der Waals surface area (Å²) < 4.78 is 12.7. The third-order valence-electron chi connectivity index (χ3n) is 2.37. The van der Waals surface area contributed by atoms with Gasteiger partial charge in [-0.15, -0.1) is 0 Å². The van der Waals surface area contributed by atoms with Crippen LogP contribution in [0.2, 0.25) is 0 Å². The molecule has 0 spiro atoms. The highest BCUT2D eigenvalue weighted by Gasteiger charge is 2.12. The van der Waals surface area contributed by atoms with Crippen molar-refractivity contribution in [1.82, 2.24) is 10.6 Å². The molecular weight excluding hydrogens is 223 g/mol. The van der Waals surface area contributed by atoms with Crippen LogP contribution in [-0.4, -0.2) is 31.2 Å². The molecule has 0 saturated carbocycles. The molecule has 0 aliphatic heterocycles. The van der Waals surface area contributed by atoms with Crippen LogP contribution < -0.4 is 10.6 Å². The number of aromatic hydroxyl groups is 1. The maximum atomic E-state index is 12.7. The van der Waals surface area contributed by atoms with Gasteiger partial charge in [0.05, 0.1) is 5.56 Å². The number of carbonyl (C=O) groups is 1. The predicted molar refractivity (Wildman–Crippen MR) is 63.5 cm³/mol. The Morgan fingerprint density at radius 1 is 1.47 bits per heavy atom. The van der Waals surface area contributed by atoms with Gasteiger partial charge in [0, 0.05) is 12.6 Å². The van der Waals surface area contributed by atoms with E-state index in [0.717, 1.165) is 18.7 Å². The summed E-state index contributed by atoms with van der Waals surface area (Å²) in [5, 5.41) is 15.1. The second kappa shape index (κ2) is 6.20. The van der Waals surface area contributed by atoms with E-state index in [1.54, 1.807) is 0 Å². The van der Waals surface area contributed by atoms with Crippen LogP contribution >= 0.6 is 0 Å². The van der Waals surface area contributed by atoms with Gasteiger partial charge in [0.25, 0.3) is 5.91 Å². The van der Waals surface area contributed by atoms with Crippen molar-refractivity contribution in [2.45, 2.75) is 6.92 Å². The molecule has 0 aliphatic rings. The molecule has 1 aromatic rings. The van der Waals surface area contributed by atoms with Gasteiger partial charge in [-0.05, 0) is 31.6 Å². The summed E-state index contributed by atoms with van der Waals surface area (Å²) in [5.41, 5.74) is 0.0862. The molecule has 1 aromatic carbocycles. The van der Waals surface area contributed by atoms with E-state index in [1.165, 1.54) is 6.07 Å². The molecule has 1 amide bonds. The second-order valence-corrected chi connectivity index (χ2v) is 4.03. The normalized spacial score (nSPS) is 12.2. The summed E-state index contributed by atoms with van der Waals surface area (Å²) in [6.07, 6.45) is 0. The lowest BCUT2D eigenvalue weighted by Crippen LogP contribution is -2.32. The zero-order valence-corrected chi connectivity index (χ0v) is 9.96. The molecule has 0 bridgehead atoms. The van der Waals surface area contributed by atoms with E-state index in [2.05, 4.69) is 10.6 Å². The molecule has 3 N–H and O–H groups in total. The standard InChI is InChI=1S/C12H17FN2O2/c1-8(6-14-2)7-15-12(17)10-4-3-9(13)5-11(10)16/h3-5,8,14,16H,6-7H2,1-2H3,(H,15,17). The van der Waals surface area contributed by atoms with Gasteiger partial charge in [-0.2, -0.15) is 0 Å². The van der Waals surface area contributed by atoms with E-state index in [4.69, 9.17) is 0 Å². The molecule has 0 radical (unpaired) electrons. The van der Waals surface area contributed by atoms with E-state index in [1.807, 2.05) is 14.0 Å². The lowest BCUT2D eigenvalue weighted by molar-refractivity contribution is 0.0945. The third-order valence-corrected chi connectivity index (χ3v) is 2.37. The van der Waals surface area contributed by atoms with Gasteiger partial charge in [-0.1, -0.05) is 6.92 Å². The van der Waals surface area contributed by atoms with Gasteiger partial charge in [0.1, 0.15) is 11.6 Å². The minimum absolute atomic E-state index is 0.0862. The third kappa shape index (κ3) is 4.03. The molecule has 1 rings (SSSR count). The van der Waals surface area contributed by atoms with E-state index in [9.17, 15) is 14.3 Å². The topological polar surface area (TPSA) is 61.4 Å². The van der Waals surface area contributed by atoms with Crippen LogP contribution in [0.4, 0.5) is 4.39 Å². The van der Waals surface area contributed by atoms with Crippen LogP contribution in [0.15, 0.2) is 18.2 Å². The molecule has 0 aliphatic carbocycles. The van der Waals surface area contributed by atoms with Crippen LogP contribution in [0.25, 0.3) is 0 Å². The maximum absolute atomic E-state index is 12.7. The highest BCUT2D eigenvalue weighted by molar-refractivity contribution is 5.96. The molecule has 94 valence electrons. The fourth-order valence-corrected chi connectivity index (χ4v) is 1.48. The summed E-state index contributed by atoms with van der Waals surface area (Å²) in [6.45, 7) is 3.27. The zero-order valence-electron chi connectivity index (χ0n) is 9.96. The number of hydrogen-bond donors (Lipinski definition) is 3. The Labute approximate surface area is 99.8 Å².